The SMILES string of the molecule is CCOC(=O)N1CCN(CC(=O)N(Cc2ccc(F)cc2)C2CCCCC2)CC1. The Bertz CT molecular complexity index is 668. The van der Waals surface area contributed by atoms with Gasteiger partial charge in [-0.3, -0.25) is 9.69 Å². The fourth-order valence-corrected chi connectivity index (χ4v) is 4.19. The van der Waals surface area contributed by atoms with E-state index in [1.54, 1.807) is 24.0 Å². The second-order valence-corrected chi connectivity index (χ2v) is 7.90. The Hall–Kier alpha value is -2.15. The van der Waals surface area contributed by atoms with Gasteiger partial charge in [-0.1, -0.05) is 31.4 Å². The highest BCUT2D eigenvalue weighted by molar-refractivity contribution is 5.78. The van der Waals surface area contributed by atoms with E-state index in [-0.39, 0.29) is 23.9 Å². The molecule has 1 aromatic rings. The molecule has 1 aromatic carbocycles. The summed E-state index contributed by atoms with van der Waals surface area (Å²) in [6.07, 6.45) is 5.31. The Morgan fingerprint density at radius 3 is 2.34 bits per heavy atom. The summed E-state index contributed by atoms with van der Waals surface area (Å²) in [5.41, 5.74) is 0.956. The fourth-order valence-electron chi connectivity index (χ4n) is 4.19. The number of piperazine rings is 1. The van der Waals surface area contributed by atoms with Crippen LogP contribution in [0.1, 0.15) is 44.6 Å². The quantitative estimate of drug-likeness (QED) is 0.729. The highest BCUT2D eigenvalue weighted by Gasteiger charge is 2.29. The van der Waals surface area contributed by atoms with E-state index in [4.69, 9.17) is 4.74 Å². The van der Waals surface area contributed by atoms with Gasteiger partial charge < -0.3 is 14.5 Å². The zero-order valence-corrected chi connectivity index (χ0v) is 17.3. The van der Waals surface area contributed by atoms with E-state index in [0.717, 1.165) is 31.2 Å². The standard InChI is InChI=1S/C22H32FN3O3/c1-2-29-22(28)25-14-12-24(13-15-25)17-21(27)26(20-6-4-3-5-7-20)16-18-8-10-19(23)11-9-18/h8-11,20H,2-7,12-17H2,1H3. The molecule has 1 aliphatic carbocycles. The van der Waals surface area contributed by atoms with Crippen LogP contribution in [0.25, 0.3) is 0 Å². The molecule has 0 aromatic heterocycles. The van der Waals surface area contributed by atoms with Crippen LogP contribution in [0, 0.1) is 5.82 Å². The number of hydrogen-bond acceptors (Lipinski definition) is 4. The van der Waals surface area contributed by atoms with Crippen molar-refractivity contribution in [2.75, 3.05) is 39.3 Å². The number of carbonyl (C=O) groups excluding carboxylic acids is 2. The van der Waals surface area contributed by atoms with Crippen LogP contribution >= 0.6 is 0 Å². The molecular weight excluding hydrogens is 373 g/mol. The minimum atomic E-state index is -0.279. The third kappa shape index (κ3) is 6.16. The van der Waals surface area contributed by atoms with Crippen molar-refractivity contribution in [3.8, 4) is 0 Å². The number of halogens is 1. The molecule has 0 N–H and O–H groups in total. The van der Waals surface area contributed by atoms with Gasteiger partial charge in [0.1, 0.15) is 5.82 Å². The molecule has 1 saturated carbocycles. The first kappa shape index (κ1) is 21.6. The normalized spacial score (nSPS) is 18.5. The summed E-state index contributed by atoms with van der Waals surface area (Å²) in [5, 5.41) is 0. The molecular formula is C22H32FN3O3. The summed E-state index contributed by atoms with van der Waals surface area (Å²) in [5.74, 6) is -0.144. The predicted molar refractivity (Wildman–Crippen MR) is 109 cm³/mol. The topological polar surface area (TPSA) is 53.1 Å². The van der Waals surface area contributed by atoms with Crippen molar-refractivity contribution >= 4 is 12.0 Å². The van der Waals surface area contributed by atoms with Crippen molar-refractivity contribution in [3.63, 3.8) is 0 Å². The van der Waals surface area contributed by atoms with Crippen molar-refractivity contribution in [2.45, 2.75) is 51.6 Å². The van der Waals surface area contributed by atoms with Crippen LogP contribution in [-0.4, -0.2) is 72.1 Å². The van der Waals surface area contributed by atoms with Crippen LogP contribution in [0.3, 0.4) is 0 Å². The number of benzene rings is 1. The summed E-state index contributed by atoms with van der Waals surface area (Å²) in [7, 11) is 0. The molecule has 0 bridgehead atoms. The molecule has 0 unspecified atom stereocenters. The minimum absolute atomic E-state index is 0.116. The minimum Gasteiger partial charge on any atom is -0.450 e. The lowest BCUT2D eigenvalue weighted by Gasteiger charge is -2.38. The van der Waals surface area contributed by atoms with Crippen LogP contribution in [-0.2, 0) is 16.1 Å². The molecule has 1 saturated heterocycles. The molecule has 7 heteroatoms. The maximum Gasteiger partial charge on any atom is 0.409 e. The maximum atomic E-state index is 13.3. The van der Waals surface area contributed by atoms with Crippen LogP contribution in [0.15, 0.2) is 24.3 Å². The Kier molecular flexibility index (Phi) is 7.86. The van der Waals surface area contributed by atoms with E-state index in [9.17, 15) is 14.0 Å². The smallest absolute Gasteiger partial charge is 0.409 e. The van der Waals surface area contributed by atoms with Gasteiger partial charge in [-0.25, -0.2) is 9.18 Å². The molecule has 1 aliphatic heterocycles. The second kappa shape index (κ2) is 10.6. The molecule has 0 radical (unpaired) electrons. The molecule has 160 valence electrons. The monoisotopic (exact) mass is 405 g/mol. The first-order chi connectivity index (χ1) is 14.1. The number of carbonyl (C=O) groups is 2. The molecule has 2 amide bonds. The Labute approximate surface area is 172 Å². The van der Waals surface area contributed by atoms with Crippen LogP contribution < -0.4 is 0 Å². The lowest BCUT2D eigenvalue weighted by molar-refractivity contribution is -0.136. The van der Waals surface area contributed by atoms with E-state index in [2.05, 4.69) is 4.90 Å². The van der Waals surface area contributed by atoms with Crippen molar-refractivity contribution < 1.29 is 18.7 Å². The molecule has 6 nitrogen and oxygen atoms in total. The maximum absolute atomic E-state index is 13.3. The molecule has 29 heavy (non-hydrogen) atoms. The number of rotatable bonds is 6. The predicted octanol–water partition coefficient (Wildman–Crippen LogP) is 3.26. The lowest BCUT2D eigenvalue weighted by Crippen LogP contribution is -2.52. The highest BCUT2D eigenvalue weighted by atomic mass is 19.1. The second-order valence-electron chi connectivity index (χ2n) is 7.90. The summed E-state index contributed by atoms with van der Waals surface area (Å²) in [6, 6.07) is 6.68. The van der Waals surface area contributed by atoms with Crippen molar-refractivity contribution in [2.24, 2.45) is 0 Å². The Morgan fingerprint density at radius 2 is 1.72 bits per heavy atom. The van der Waals surface area contributed by atoms with Gasteiger partial charge in [-0.15, -0.1) is 0 Å². The number of ether oxygens (including phenoxy) is 1. The molecule has 2 fully saturated rings. The van der Waals surface area contributed by atoms with E-state index in [1.165, 1.54) is 18.6 Å². The van der Waals surface area contributed by atoms with Crippen molar-refractivity contribution in [1.29, 1.82) is 0 Å². The summed E-state index contributed by atoms with van der Waals surface area (Å²) in [4.78, 5) is 30.9. The fraction of sp³-hybridized carbons (Fsp3) is 0.636. The molecule has 3 rings (SSSR count). The summed E-state index contributed by atoms with van der Waals surface area (Å²) < 4.78 is 18.3. The first-order valence-corrected chi connectivity index (χ1v) is 10.7. The van der Waals surface area contributed by atoms with Gasteiger partial charge >= 0.3 is 6.09 Å². The Balaban J connectivity index is 1.59. The average molecular weight is 406 g/mol. The first-order valence-electron chi connectivity index (χ1n) is 10.7. The van der Waals surface area contributed by atoms with Crippen LogP contribution in [0.5, 0.6) is 0 Å². The number of hydrogen-bond donors (Lipinski definition) is 0. The summed E-state index contributed by atoms with van der Waals surface area (Å²) >= 11 is 0. The third-order valence-electron chi connectivity index (χ3n) is 5.86. The zero-order chi connectivity index (χ0) is 20.6. The van der Waals surface area contributed by atoms with Crippen LogP contribution in [0.2, 0.25) is 0 Å². The van der Waals surface area contributed by atoms with Gasteiger partial charge in [0.15, 0.2) is 0 Å². The third-order valence-corrected chi connectivity index (χ3v) is 5.86. The molecule has 0 spiro atoms. The van der Waals surface area contributed by atoms with Crippen molar-refractivity contribution in [1.82, 2.24) is 14.7 Å². The molecule has 1 heterocycles. The van der Waals surface area contributed by atoms with E-state index >= 15 is 0 Å². The van der Waals surface area contributed by atoms with Crippen LogP contribution in [0.4, 0.5) is 9.18 Å². The number of nitrogens with zero attached hydrogens (tertiary/aromatic N) is 3. The van der Waals surface area contributed by atoms with Gasteiger partial charge in [0.05, 0.1) is 13.2 Å². The van der Waals surface area contributed by atoms with Gasteiger partial charge in [0.2, 0.25) is 5.91 Å². The van der Waals surface area contributed by atoms with Gasteiger partial charge in [0, 0.05) is 38.8 Å². The average Bonchev–Trinajstić information content (AvgIpc) is 2.74. The van der Waals surface area contributed by atoms with E-state index in [1.807, 2.05) is 4.90 Å². The number of amides is 2. The molecule has 2 aliphatic rings. The summed E-state index contributed by atoms with van der Waals surface area (Å²) in [6.45, 7) is 5.53. The van der Waals surface area contributed by atoms with Crippen molar-refractivity contribution in [3.05, 3.63) is 35.6 Å². The van der Waals surface area contributed by atoms with Gasteiger partial charge in [0.25, 0.3) is 0 Å². The Morgan fingerprint density at radius 1 is 1.07 bits per heavy atom. The lowest BCUT2D eigenvalue weighted by atomic mass is 9.93. The zero-order valence-electron chi connectivity index (χ0n) is 17.3. The highest BCUT2D eigenvalue weighted by Crippen LogP contribution is 2.24. The van der Waals surface area contributed by atoms with E-state index in [0.29, 0.717) is 45.9 Å². The molecule has 0 atom stereocenters. The van der Waals surface area contributed by atoms with Gasteiger partial charge in [-0.2, -0.15) is 0 Å². The van der Waals surface area contributed by atoms with Gasteiger partial charge in [-0.05, 0) is 37.5 Å². The van der Waals surface area contributed by atoms with E-state index < -0.39 is 0 Å². The largest absolute Gasteiger partial charge is 0.450 e.